The van der Waals surface area contributed by atoms with Crippen LogP contribution in [0.15, 0.2) is 52.9 Å². The zero-order valence-corrected chi connectivity index (χ0v) is 15.1. The molecule has 2 aromatic carbocycles. The molecule has 146 valence electrons. The first-order valence-corrected chi connectivity index (χ1v) is 8.85. The molecule has 5 nitrogen and oxygen atoms in total. The molecule has 0 N–H and O–H groups in total. The molecule has 1 aliphatic heterocycles. The minimum Gasteiger partial charge on any atom is -0.436 e. The lowest BCUT2D eigenvalue weighted by atomic mass is 10.1. The highest BCUT2D eigenvalue weighted by Crippen LogP contribution is 2.28. The Bertz CT molecular complexity index is 1000. The number of fused-ring (bicyclic) bond motifs is 1. The molecule has 8 heteroatoms. The van der Waals surface area contributed by atoms with Crippen molar-refractivity contribution in [3.63, 3.8) is 0 Å². The van der Waals surface area contributed by atoms with E-state index in [1.165, 1.54) is 16.8 Å². The molecule has 0 spiro atoms. The number of nitrogens with zero attached hydrogens (tertiary/aromatic N) is 3. The van der Waals surface area contributed by atoms with Crippen LogP contribution in [0.4, 0.5) is 13.2 Å². The first-order chi connectivity index (χ1) is 13.3. The topological polar surface area (TPSA) is 49.6 Å². The average Bonchev–Trinajstić information content (AvgIpc) is 3.11. The molecule has 3 aromatic rings. The van der Waals surface area contributed by atoms with Crippen LogP contribution in [-0.2, 0) is 0 Å². The summed E-state index contributed by atoms with van der Waals surface area (Å²) in [5.74, 6) is -0.00885. The quantitative estimate of drug-likeness (QED) is 0.669. The molecule has 1 atom stereocenters. The second-order valence-corrected chi connectivity index (χ2v) is 6.86. The van der Waals surface area contributed by atoms with Crippen molar-refractivity contribution in [2.75, 3.05) is 26.7 Å². The number of aromatic nitrogens is 1. The fourth-order valence-electron chi connectivity index (χ4n) is 3.36. The molecule has 1 amide bonds. The van der Waals surface area contributed by atoms with Crippen molar-refractivity contribution in [1.82, 2.24) is 14.8 Å². The smallest absolute Gasteiger partial charge is 0.405 e. The lowest BCUT2D eigenvalue weighted by Crippen LogP contribution is -2.58. The van der Waals surface area contributed by atoms with E-state index in [0.29, 0.717) is 22.6 Å². The number of halogens is 3. The summed E-state index contributed by atoms with van der Waals surface area (Å²) >= 11 is 0. The van der Waals surface area contributed by atoms with Crippen molar-refractivity contribution >= 4 is 17.0 Å². The summed E-state index contributed by atoms with van der Waals surface area (Å²) in [5, 5.41) is 0. The zero-order valence-electron chi connectivity index (χ0n) is 15.1. The van der Waals surface area contributed by atoms with Gasteiger partial charge in [0.2, 0.25) is 5.89 Å². The van der Waals surface area contributed by atoms with Crippen molar-refractivity contribution in [3.8, 4) is 11.5 Å². The van der Waals surface area contributed by atoms with E-state index in [-0.39, 0.29) is 19.6 Å². The van der Waals surface area contributed by atoms with Crippen LogP contribution in [0.1, 0.15) is 10.4 Å². The molecule has 4 rings (SSSR count). The highest BCUT2D eigenvalue weighted by molar-refractivity contribution is 5.97. The van der Waals surface area contributed by atoms with Crippen LogP contribution in [0.5, 0.6) is 0 Å². The second-order valence-electron chi connectivity index (χ2n) is 6.86. The molecular formula is C20H18F3N3O2. The van der Waals surface area contributed by atoms with Crippen LogP contribution in [0.3, 0.4) is 0 Å². The maximum atomic E-state index is 13.2. The van der Waals surface area contributed by atoms with Crippen molar-refractivity contribution in [2.45, 2.75) is 12.2 Å². The van der Waals surface area contributed by atoms with Crippen LogP contribution >= 0.6 is 0 Å². The van der Waals surface area contributed by atoms with Gasteiger partial charge in [-0.15, -0.1) is 0 Å². The number of hydrogen-bond acceptors (Lipinski definition) is 4. The summed E-state index contributed by atoms with van der Waals surface area (Å²) in [4.78, 5) is 19.7. The monoisotopic (exact) mass is 389 g/mol. The Morgan fingerprint density at radius 1 is 1.14 bits per heavy atom. The molecule has 28 heavy (non-hydrogen) atoms. The van der Waals surface area contributed by atoms with Gasteiger partial charge in [-0.2, -0.15) is 13.2 Å². The second kappa shape index (κ2) is 6.94. The zero-order chi connectivity index (χ0) is 19.9. The predicted octanol–water partition coefficient (Wildman–Crippen LogP) is 3.81. The maximum Gasteiger partial charge on any atom is 0.405 e. The van der Waals surface area contributed by atoms with E-state index in [1.807, 2.05) is 30.3 Å². The van der Waals surface area contributed by atoms with Crippen molar-refractivity contribution in [3.05, 3.63) is 54.1 Å². The average molecular weight is 389 g/mol. The van der Waals surface area contributed by atoms with Crippen molar-refractivity contribution < 1.29 is 22.4 Å². The Labute approximate surface area is 159 Å². The lowest BCUT2D eigenvalue weighted by Gasteiger charge is -2.40. The first kappa shape index (κ1) is 18.5. The van der Waals surface area contributed by atoms with Crippen LogP contribution < -0.4 is 0 Å². The van der Waals surface area contributed by atoms with Crippen molar-refractivity contribution in [1.29, 1.82) is 0 Å². The summed E-state index contributed by atoms with van der Waals surface area (Å²) in [6.07, 6.45) is -4.38. The molecule has 0 saturated carbocycles. The van der Waals surface area contributed by atoms with Crippen LogP contribution in [0, 0.1) is 0 Å². The summed E-state index contributed by atoms with van der Waals surface area (Å²) < 4.78 is 45.3. The molecule has 1 aliphatic rings. The van der Waals surface area contributed by atoms with Crippen LogP contribution in [0.25, 0.3) is 22.6 Å². The molecule has 1 fully saturated rings. The Kier molecular flexibility index (Phi) is 4.58. The molecule has 0 bridgehead atoms. The number of carbonyl (C=O) groups is 1. The van der Waals surface area contributed by atoms with Gasteiger partial charge in [-0.25, -0.2) is 4.98 Å². The van der Waals surface area contributed by atoms with Gasteiger partial charge >= 0.3 is 6.18 Å². The van der Waals surface area contributed by atoms with Crippen LogP contribution in [-0.4, -0.2) is 59.6 Å². The summed E-state index contributed by atoms with van der Waals surface area (Å²) in [7, 11) is 1.42. The third kappa shape index (κ3) is 3.47. The summed E-state index contributed by atoms with van der Waals surface area (Å²) in [5.41, 5.74) is 2.11. The maximum absolute atomic E-state index is 13.2. The number of piperazine rings is 1. The van der Waals surface area contributed by atoms with E-state index in [4.69, 9.17) is 4.42 Å². The number of amides is 1. The van der Waals surface area contributed by atoms with Gasteiger partial charge in [0.1, 0.15) is 11.6 Å². The number of rotatable bonds is 2. The predicted molar refractivity (Wildman–Crippen MR) is 97.8 cm³/mol. The van der Waals surface area contributed by atoms with Gasteiger partial charge in [0, 0.05) is 30.8 Å². The molecule has 0 radical (unpaired) electrons. The SMILES string of the molecule is CN1CCN(C(=O)c2ccc3oc(-c4ccccc4)nc3c2)CC1C(F)(F)F. The largest absolute Gasteiger partial charge is 0.436 e. The fraction of sp³-hybridized carbons (Fsp3) is 0.300. The minimum absolute atomic E-state index is 0.167. The van der Waals surface area contributed by atoms with Gasteiger partial charge in [0.05, 0.1) is 0 Å². The summed E-state index contributed by atoms with van der Waals surface area (Å²) in [6.45, 7) is 0.0270. The minimum atomic E-state index is -4.38. The van der Waals surface area contributed by atoms with E-state index in [2.05, 4.69) is 4.98 Å². The van der Waals surface area contributed by atoms with E-state index in [9.17, 15) is 18.0 Å². The standard InChI is InChI=1S/C20H18F3N3O2/c1-25-9-10-26(12-17(25)20(21,22)23)19(27)14-7-8-16-15(11-14)24-18(28-16)13-5-3-2-4-6-13/h2-8,11,17H,9-10,12H2,1H3. The number of likely N-dealkylation sites (N-methyl/N-ethyl adjacent to an activating group) is 1. The molecule has 1 unspecified atom stereocenters. The van der Waals surface area contributed by atoms with Gasteiger partial charge in [-0.3, -0.25) is 9.69 Å². The highest BCUT2D eigenvalue weighted by atomic mass is 19.4. The van der Waals surface area contributed by atoms with Crippen LogP contribution in [0.2, 0.25) is 0 Å². The molecule has 1 aromatic heterocycles. The number of alkyl halides is 3. The van der Waals surface area contributed by atoms with Crippen molar-refractivity contribution in [2.24, 2.45) is 0 Å². The third-order valence-electron chi connectivity index (χ3n) is 4.97. The van der Waals surface area contributed by atoms with E-state index in [1.54, 1.807) is 18.2 Å². The molecule has 0 aliphatic carbocycles. The number of benzene rings is 2. The number of carbonyl (C=O) groups excluding carboxylic acids is 1. The van der Waals surface area contributed by atoms with E-state index in [0.717, 1.165) is 5.56 Å². The molecule has 1 saturated heterocycles. The fourth-order valence-corrected chi connectivity index (χ4v) is 3.36. The van der Waals surface area contributed by atoms with Gasteiger partial charge in [0.15, 0.2) is 5.58 Å². The van der Waals surface area contributed by atoms with Gasteiger partial charge < -0.3 is 9.32 Å². The third-order valence-corrected chi connectivity index (χ3v) is 4.97. The Balaban J connectivity index is 1.59. The number of oxazole rings is 1. The van der Waals surface area contributed by atoms with Gasteiger partial charge in [-0.1, -0.05) is 18.2 Å². The van der Waals surface area contributed by atoms with Gasteiger partial charge in [0.25, 0.3) is 5.91 Å². The number of hydrogen-bond donors (Lipinski definition) is 0. The Morgan fingerprint density at radius 2 is 1.89 bits per heavy atom. The first-order valence-electron chi connectivity index (χ1n) is 8.85. The normalized spacial score (nSPS) is 18.6. The van der Waals surface area contributed by atoms with E-state index >= 15 is 0 Å². The lowest BCUT2D eigenvalue weighted by molar-refractivity contribution is -0.190. The molecule has 2 heterocycles. The highest BCUT2D eigenvalue weighted by Gasteiger charge is 2.46. The summed E-state index contributed by atoms with van der Waals surface area (Å²) in [6, 6.07) is 12.4. The van der Waals surface area contributed by atoms with Gasteiger partial charge in [-0.05, 0) is 37.4 Å². The Hall–Kier alpha value is -2.87. The van der Waals surface area contributed by atoms with E-state index < -0.39 is 18.1 Å². The Morgan fingerprint density at radius 3 is 2.61 bits per heavy atom. The molecular weight excluding hydrogens is 371 g/mol.